The Balaban J connectivity index is 1.70. The van der Waals surface area contributed by atoms with Crippen LogP contribution in [0.15, 0.2) is 48.5 Å². The van der Waals surface area contributed by atoms with Crippen molar-refractivity contribution in [3.05, 3.63) is 64.7 Å². The number of likely N-dealkylation sites (tertiary alicyclic amines) is 1. The van der Waals surface area contributed by atoms with Crippen LogP contribution in [0.25, 0.3) is 0 Å². The first kappa shape index (κ1) is 17.8. The molecule has 2 atom stereocenters. The van der Waals surface area contributed by atoms with Crippen LogP contribution in [-0.2, 0) is 6.42 Å². The molecule has 4 nitrogen and oxygen atoms in total. The van der Waals surface area contributed by atoms with E-state index in [-0.39, 0.29) is 11.8 Å². The van der Waals surface area contributed by atoms with Gasteiger partial charge in [-0.25, -0.2) is 0 Å². The van der Waals surface area contributed by atoms with Gasteiger partial charge in [0.25, 0.3) is 5.91 Å². The van der Waals surface area contributed by atoms with Gasteiger partial charge >= 0.3 is 0 Å². The first-order valence-electron chi connectivity index (χ1n) is 8.42. The molecule has 0 radical (unpaired) electrons. The second-order valence-corrected chi connectivity index (χ2v) is 6.87. The number of halogens is 1. The van der Waals surface area contributed by atoms with Crippen molar-refractivity contribution >= 4 is 17.5 Å². The topological polar surface area (TPSA) is 49.8 Å². The number of rotatable bonds is 4. The van der Waals surface area contributed by atoms with Gasteiger partial charge in [0.2, 0.25) is 0 Å². The van der Waals surface area contributed by atoms with Gasteiger partial charge in [0.15, 0.2) is 0 Å². The van der Waals surface area contributed by atoms with E-state index in [1.54, 1.807) is 19.2 Å². The first-order valence-corrected chi connectivity index (χ1v) is 8.80. The molecule has 0 spiro atoms. The molecule has 132 valence electrons. The number of carbonyl (C=O) groups is 1. The molecule has 1 fully saturated rings. The van der Waals surface area contributed by atoms with Crippen LogP contribution >= 0.6 is 11.6 Å². The highest BCUT2D eigenvalue weighted by atomic mass is 35.5. The van der Waals surface area contributed by atoms with Crippen LogP contribution in [0.4, 0.5) is 0 Å². The summed E-state index contributed by atoms with van der Waals surface area (Å²) in [4.78, 5) is 14.6. The largest absolute Gasteiger partial charge is 0.497 e. The molecule has 1 saturated heterocycles. The summed E-state index contributed by atoms with van der Waals surface area (Å²) < 4.78 is 5.20. The van der Waals surface area contributed by atoms with Gasteiger partial charge in [0, 0.05) is 29.6 Å². The number of nitrogens with zero attached hydrogens (tertiary/aromatic N) is 1. The fraction of sp³-hybridized carbons (Fsp3) is 0.350. The highest BCUT2D eigenvalue weighted by Gasteiger charge is 2.30. The Kier molecular flexibility index (Phi) is 5.61. The lowest BCUT2D eigenvalue weighted by atomic mass is 9.88. The van der Waals surface area contributed by atoms with Crippen molar-refractivity contribution in [3.8, 4) is 5.75 Å². The lowest BCUT2D eigenvalue weighted by Gasteiger charge is -2.36. The minimum atomic E-state index is -0.398. The number of amides is 1. The number of hydrogen-bond acceptors (Lipinski definition) is 3. The summed E-state index contributed by atoms with van der Waals surface area (Å²) >= 11 is 5.93. The molecule has 0 bridgehead atoms. The predicted octanol–water partition coefficient (Wildman–Crippen LogP) is 3.41. The van der Waals surface area contributed by atoms with Gasteiger partial charge in [0.1, 0.15) is 5.75 Å². The average molecular weight is 360 g/mol. The summed E-state index contributed by atoms with van der Waals surface area (Å²) in [7, 11) is 1.59. The number of carbonyl (C=O) groups excluding carboxylic acids is 1. The van der Waals surface area contributed by atoms with Crippen molar-refractivity contribution < 1.29 is 14.6 Å². The van der Waals surface area contributed by atoms with E-state index < -0.39 is 6.10 Å². The molecule has 2 aromatic rings. The van der Waals surface area contributed by atoms with E-state index in [0.717, 1.165) is 12.0 Å². The smallest absolute Gasteiger partial charge is 0.254 e. The summed E-state index contributed by atoms with van der Waals surface area (Å²) in [5, 5.41) is 11.1. The van der Waals surface area contributed by atoms with Crippen molar-refractivity contribution in [1.29, 1.82) is 0 Å². The maximum absolute atomic E-state index is 12.8. The van der Waals surface area contributed by atoms with Crippen LogP contribution in [0.1, 0.15) is 22.3 Å². The maximum Gasteiger partial charge on any atom is 0.254 e. The van der Waals surface area contributed by atoms with E-state index in [9.17, 15) is 9.90 Å². The molecule has 1 aliphatic heterocycles. The Bertz CT molecular complexity index is 732. The number of piperidine rings is 1. The van der Waals surface area contributed by atoms with Gasteiger partial charge in [-0.3, -0.25) is 4.79 Å². The van der Waals surface area contributed by atoms with Crippen LogP contribution in [0, 0.1) is 5.92 Å². The minimum absolute atomic E-state index is 0.0180. The number of aliphatic hydroxyl groups is 1. The Morgan fingerprint density at radius 3 is 2.76 bits per heavy atom. The highest BCUT2D eigenvalue weighted by molar-refractivity contribution is 6.30. The van der Waals surface area contributed by atoms with Gasteiger partial charge in [-0.05, 0) is 48.7 Å². The van der Waals surface area contributed by atoms with Gasteiger partial charge in [0.05, 0.1) is 13.2 Å². The molecule has 25 heavy (non-hydrogen) atoms. The number of ether oxygens (including phenoxy) is 1. The van der Waals surface area contributed by atoms with Gasteiger partial charge < -0.3 is 14.7 Å². The van der Waals surface area contributed by atoms with Crippen LogP contribution in [0.5, 0.6) is 5.75 Å². The average Bonchev–Trinajstić information content (AvgIpc) is 2.65. The van der Waals surface area contributed by atoms with E-state index in [1.165, 1.54) is 0 Å². The zero-order chi connectivity index (χ0) is 17.8. The third-order valence-electron chi connectivity index (χ3n) is 4.71. The molecule has 0 saturated carbocycles. The molecule has 2 aromatic carbocycles. The quantitative estimate of drug-likeness (QED) is 0.910. The number of hydrogen-bond donors (Lipinski definition) is 1. The molecule has 0 aromatic heterocycles. The van der Waals surface area contributed by atoms with Crippen LogP contribution in [0.2, 0.25) is 5.02 Å². The Labute approximate surface area is 153 Å². The summed E-state index contributed by atoms with van der Waals surface area (Å²) in [6.07, 6.45) is 0.916. The summed E-state index contributed by atoms with van der Waals surface area (Å²) in [6, 6.07) is 14.8. The molecule has 1 amide bonds. The minimum Gasteiger partial charge on any atom is -0.497 e. The lowest BCUT2D eigenvalue weighted by molar-refractivity contribution is 0.0241. The Morgan fingerprint density at radius 2 is 2.04 bits per heavy atom. The first-order chi connectivity index (χ1) is 12.1. The molecule has 1 heterocycles. The lowest BCUT2D eigenvalue weighted by Crippen LogP contribution is -2.46. The number of aliphatic hydroxyl groups excluding tert-OH is 1. The SMILES string of the molecule is COc1cccc(C(=O)N2CC[C@H](O)[C@H](Cc3ccc(Cl)cc3)C2)c1. The number of methoxy groups -OCH3 is 1. The van der Waals surface area contributed by atoms with Gasteiger partial charge in [-0.15, -0.1) is 0 Å². The molecular weight excluding hydrogens is 338 g/mol. The van der Waals surface area contributed by atoms with Crippen molar-refractivity contribution in [1.82, 2.24) is 4.90 Å². The molecule has 0 aliphatic carbocycles. The van der Waals surface area contributed by atoms with Crippen molar-refractivity contribution in [2.45, 2.75) is 18.9 Å². The molecule has 0 unspecified atom stereocenters. The van der Waals surface area contributed by atoms with E-state index in [4.69, 9.17) is 16.3 Å². The van der Waals surface area contributed by atoms with E-state index >= 15 is 0 Å². The monoisotopic (exact) mass is 359 g/mol. The van der Waals surface area contributed by atoms with E-state index in [1.807, 2.05) is 41.3 Å². The summed E-state index contributed by atoms with van der Waals surface area (Å²) in [5.74, 6) is 0.664. The van der Waals surface area contributed by atoms with Gasteiger partial charge in [-0.2, -0.15) is 0 Å². The molecular formula is C20H22ClNO3. The highest BCUT2D eigenvalue weighted by Crippen LogP contribution is 2.24. The van der Waals surface area contributed by atoms with E-state index in [0.29, 0.717) is 35.8 Å². The maximum atomic E-state index is 12.8. The van der Waals surface area contributed by atoms with E-state index in [2.05, 4.69) is 0 Å². The van der Waals surface area contributed by atoms with Gasteiger partial charge in [-0.1, -0.05) is 29.8 Å². The zero-order valence-electron chi connectivity index (χ0n) is 14.2. The molecule has 3 rings (SSSR count). The zero-order valence-corrected chi connectivity index (χ0v) is 14.9. The normalized spacial score (nSPS) is 20.4. The second-order valence-electron chi connectivity index (χ2n) is 6.43. The third kappa shape index (κ3) is 4.33. The number of benzene rings is 2. The van der Waals surface area contributed by atoms with Crippen LogP contribution < -0.4 is 4.74 Å². The fourth-order valence-corrected chi connectivity index (χ4v) is 3.39. The van der Waals surface area contributed by atoms with Crippen molar-refractivity contribution in [2.75, 3.05) is 20.2 Å². The second kappa shape index (κ2) is 7.89. The standard InChI is InChI=1S/C20H22ClNO3/c1-25-18-4-2-3-15(12-18)20(24)22-10-9-19(23)16(13-22)11-14-5-7-17(21)8-6-14/h2-8,12,16,19,23H,9-11,13H2,1H3/t16-,19+/m1/s1. The predicted molar refractivity (Wildman–Crippen MR) is 98.2 cm³/mol. The molecule has 1 N–H and O–H groups in total. The Hall–Kier alpha value is -2.04. The molecule has 1 aliphatic rings. The third-order valence-corrected chi connectivity index (χ3v) is 4.96. The molecule has 5 heteroatoms. The fourth-order valence-electron chi connectivity index (χ4n) is 3.27. The van der Waals surface area contributed by atoms with Crippen LogP contribution in [0.3, 0.4) is 0 Å². The van der Waals surface area contributed by atoms with Crippen molar-refractivity contribution in [2.24, 2.45) is 5.92 Å². The van der Waals surface area contributed by atoms with Crippen molar-refractivity contribution in [3.63, 3.8) is 0 Å². The van der Waals surface area contributed by atoms with Crippen LogP contribution in [-0.4, -0.2) is 42.2 Å². The summed E-state index contributed by atoms with van der Waals surface area (Å²) in [5.41, 5.74) is 1.73. The summed E-state index contributed by atoms with van der Waals surface area (Å²) in [6.45, 7) is 1.11. The Morgan fingerprint density at radius 1 is 1.28 bits per heavy atom.